The molecule has 0 aromatic heterocycles. The predicted molar refractivity (Wildman–Crippen MR) is 160 cm³/mol. The minimum absolute atomic E-state index is 0.0122. The Bertz CT molecular complexity index is 1450. The first-order valence-corrected chi connectivity index (χ1v) is 14.9. The normalized spacial score (nSPS) is 12.0. The molecule has 0 fully saturated rings. The van der Waals surface area contributed by atoms with Crippen molar-refractivity contribution in [2.75, 3.05) is 31.6 Å². The van der Waals surface area contributed by atoms with Gasteiger partial charge in [-0.1, -0.05) is 55.8 Å². The van der Waals surface area contributed by atoms with Gasteiger partial charge >= 0.3 is 0 Å². The van der Waals surface area contributed by atoms with E-state index in [1.807, 2.05) is 13.8 Å². The standard InChI is InChI=1S/C30H36ClN3O6S/c1-21(2)18-32-30(36)22(3)33(19-23-10-9-11-24(31)16-23)29(35)20-34(41(37,38)26-12-7-6-8-13-26)27-17-25(39-4)14-15-28(27)40-5/h6-17,21-22H,18-20H2,1-5H3,(H,32,36). The molecule has 1 unspecified atom stereocenters. The van der Waals surface area contributed by atoms with Gasteiger partial charge in [0.2, 0.25) is 11.8 Å². The largest absolute Gasteiger partial charge is 0.497 e. The Morgan fingerprint density at radius 1 is 0.927 bits per heavy atom. The first-order chi connectivity index (χ1) is 19.5. The monoisotopic (exact) mass is 601 g/mol. The predicted octanol–water partition coefficient (Wildman–Crippen LogP) is 4.74. The minimum Gasteiger partial charge on any atom is -0.497 e. The van der Waals surface area contributed by atoms with Crippen molar-refractivity contribution >= 4 is 39.1 Å². The first-order valence-electron chi connectivity index (χ1n) is 13.1. The molecule has 0 saturated heterocycles. The Kier molecular flexibility index (Phi) is 11.0. The van der Waals surface area contributed by atoms with Gasteiger partial charge in [0.15, 0.2) is 0 Å². The van der Waals surface area contributed by atoms with Gasteiger partial charge in [0, 0.05) is 24.2 Å². The van der Waals surface area contributed by atoms with Crippen LogP contribution in [0.5, 0.6) is 11.5 Å². The third-order valence-corrected chi connectivity index (χ3v) is 8.37. The summed E-state index contributed by atoms with van der Waals surface area (Å²) in [6.45, 7) is 5.40. The fraction of sp³-hybridized carbons (Fsp3) is 0.333. The topological polar surface area (TPSA) is 105 Å². The molecule has 3 aromatic rings. The fourth-order valence-electron chi connectivity index (χ4n) is 4.09. The molecule has 0 saturated carbocycles. The maximum absolute atomic E-state index is 14.1. The van der Waals surface area contributed by atoms with E-state index in [-0.39, 0.29) is 34.7 Å². The third-order valence-electron chi connectivity index (χ3n) is 6.36. The lowest BCUT2D eigenvalue weighted by molar-refractivity contribution is -0.139. The zero-order valence-electron chi connectivity index (χ0n) is 23.8. The number of amides is 2. The van der Waals surface area contributed by atoms with E-state index in [2.05, 4.69) is 5.32 Å². The van der Waals surface area contributed by atoms with Gasteiger partial charge in [-0.15, -0.1) is 0 Å². The average molecular weight is 602 g/mol. The van der Waals surface area contributed by atoms with Crippen molar-refractivity contribution in [1.29, 1.82) is 0 Å². The summed E-state index contributed by atoms with van der Waals surface area (Å²) in [6.07, 6.45) is 0. The Labute approximate surface area is 247 Å². The number of methoxy groups -OCH3 is 2. The molecule has 2 amide bonds. The van der Waals surface area contributed by atoms with Crippen LogP contribution in [0, 0.1) is 5.92 Å². The molecule has 0 spiro atoms. The molecule has 3 aromatic carbocycles. The first kappa shape index (κ1) is 31.8. The number of nitrogens with one attached hydrogen (secondary N) is 1. The summed E-state index contributed by atoms with van der Waals surface area (Å²) in [5.41, 5.74) is 0.800. The van der Waals surface area contributed by atoms with Crippen molar-refractivity contribution in [3.05, 3.63) is 83.4 Å². The molecule has 0 bridgehead atoms. The second-order valence-corrected chi connectivity index (χ2v) is 12.1. The van der Waals surface area contributed by atoms with Crippen LogP contribution in [0.15, 0.2) is 77.7 Å². The van der Waals surface area contributed by atoms with Crippen molar-refractivity contribution in [1.82, 2.24) is 10.2 Å². The van der Waals surface area contributed by atoms with Gasteiger partial charge in [-0.3, -0.25) is 13.9 Å². The molecule has 3 rings (SSSR count). The zero-order chi connectivity index (χ0) is 30.2. The summed E-state index contributed by atoms with van der Waals surface area (Å²) in [6, 6.07) is 18.5. The van der Waals surface area contributed by atoms with E-state index in [1.165, 1.54) is 37.3 Å². The van der Waals surface area contributed by atoms with Gasteiger partial charge in [0.25, 0.3) is 10.0 Å². The van der Waals surface area contributed by atoms with Gasteiger partial charge in [0.1, 0.15) is 24.1 Å². The van der Waals surface area contributed by atoms with Crippen LogP contribution < -0.4 is 19.1 Å². The maximum atomic E-state index is 14.1. The molecule has 11 heteroatoms. The van der Waals surface area contributed by atoms with Crippen LogP contribution in [-0.2, 0) is 26.2 Å². The summed E-state index contributed by atoms with van der Waals surface area (Å²) >= 11 is 6.19. The Hall–Kier alpha value is -3.76. The summed E-state index contributed by atoms with van der Waals surface area (Å²) in [7, 11) is -1.39. The number of hydrogen-bond donors (Lipinski definition) is 1. The van der Waals surface area contributed by atoms with Crippen molar-refractivity contribution in [2.24, 2.45) is 5.92 Å². The number of anilines is 1. The molecule has 0 heterocycles. The molecular weight excluding hydrogens is 566 g/mol. The van der Waals surface area contributed by atoms with Crippen LogP contribution in [0.2, 0.25) is 5.02 Å². The lowest BCUT2D eigenvalue weighted by Gasteiger charge is -2.32. The van der Waals surface area contributed by atoms with Crippen molar-refractivity contribution in [2.45, 2.75) is 38.3 Å². The van der Waals surface area contributed by atoms with E-state index in [0.29, 0.717) is 22.9 Å². The second kappa shape index (κ2) is 14.2. The summed E-state index contributed by atoms with van der Waals surface area (Å²) in [5, 5.41) is 3.33. The Morgan fingerprint density at radius 2 is 1.63 bits per heavy atom. The van der Waals surface area contributed by atoms with Gasteiger partial charge in [-0.25, -0.2) is 8.42 Å². The molecule has 0 aliphatic rings. The van der Waals surface area contributed by atoms with E-state index >= 15 is 0 Å². The molecule has 1 N–H and O–H groups in total. The lowest BCUT2D eigenvalue weighted by Crippen LogP contribution is -2.51. The number of hydrogen-bond acceptors (Lipinski definition) is 6. The number of rotatable bonds is 13. The highest BCUT2D eigenvalue weighted by atomic mass is 35.5. The number of sulfonamides is 1. The molecule has 0 aliphatic heterocycles. The number of nitrogens with zero attached hydrogens (tertiary/aromatic N) is 2. The summed E-state index contributed by atoms with van der Waals surface area (Å²) in [5.74, 6) is -0.150. The van der Waals surface area contributed by atoms with Crippen molar-refractivity contribution < 1.29 is 27.5 Å². The number of ether oxygens (including phenoxy) is 2. The highest BCUT2D eigenvalue weighted by Gasteiger charge is 2.34. The maximum Gasteiger partial charge on any atom is 0.264 e. The fourth-order valence-corrected chi connectivity index (χ4v) is 5.74. The zero-order valence-corrected chi connectivity index (χ0v) is 25.4. The Balaban J connectivity index is 2.09. The molecule has 1 atom stereocenters. The number of carbonyl (C=O) groups is 2. The highest BCUT2D eigenvalue weighted by molar-refractivity contribution is 7.92. The van der Waals surface area contributed by atoms with E-state index in [9.17, 15) is 18.0 Å². The van der Waals surface area contributed by atoms with E-state index in [0.717, 1.165) is 4.31 Å². The van der Waals surface area contributed by atoms with E-state index < -0.39 is 28.5 Å². The van der Waals surface area contributed by atoms with Gasteiger partial charge in [-0.2, -0.15) is 0 Å². The number of benzene rings is 3. The SMILES string of the molecule is COc1ccc(OC)c(N(CC(=O)N(Cc2cccc(Cl)c2)C(C)C(=O)NCC(C)C)S(=O)(=O)c2ccccc2)c1. The minimum atomic E-state index is -4.26. The smallest absolute Gasteiger partial charge is 0.264 e. The second-order valence-electron chi connectivity index (χ2n) is 9.83. The molecule has 0 radical (unpaired) electrons. The number of halogens is 1. The van der Waals surface area contributed by atoms with Crippen LogP contribution in [0.1, 0.15) is 26.3 Å². The van der Waals surface area contributed by atoms with Crippen LogP contribution in [0.25, 0.3) is 0 Å². The van der Waals surface area contributed by atoms with Gasteiger partial charge in [-0.05, 0) is 54.8 Å². The third kappa shape index (κ3) is 8.14. The number of carbonyl (C=O) groups excluding carboxylic acids is 2. The molecule has 9 nitrogen and oxygen atoms in total. The van der Waals surface area contributed by atoms with Crippen LogP contribution in [0.3, 0.4) is 0 Å². The lowest BCUT2D eigenvalue weighted by atomic mass is 10.1. The van der Waals surface area contributed by atoms with Gasteiger partial charge < -0.3 is 19.7 Å². The van der Waals surface area contributed by atoms with E-state index in [1.54, 1.807) is 61.5 Å². The van der Waals surface area contributed by atoms with Crippen molar-refractivity contribution in [3.63, 3.8) is 0 Å². The molecule has 220 valence electrons. The summed E-state index contributed by atoms with van der Waals surface area (Å²) < 4.78 is 39.8. The van der Waals surface area contributed by atoms with Gasteiger partial charge in [0.05, 0.1) is 24.8 Å². The van der Waals surface area contributed by atoms with Crippen LogP contribution in [0.4, 0.5) is 5.69 Å². The average Bonchev–Trinajstić information content (AvgIpc) is 2.96. The summed E-state index contributed by atoms with van der Waals surface area (Å²) in [4.78, 5) is 28.5. The van der Waals surface area contributed by atoms with Crippen LogP contribution >= 0.6 is 11.6 Å². The highest BCUT2D eigenvalue weighted by Crippen LogP contribution is 2.36. The van der Waals surface area contributed by atoms with Crippen LogP contribution in [-0.4, -0.2) is 58.5 Å². The van der Waals surface area contributed by atoms with E-state index in [4.69, 9.17) is 21.1 Å². The Morgan fingerprint density at radius 3 is 2.24 bits per heavy atom. The van der Waals surface area contributed by atoms with Crippen molar-refractivity contribution in [3.8, 4) is 11.5 Å². The quantitative estimate of drug-likeness (QED) is 0.303. The molecule has 41 heavy (non-hydrogen) atoms. The molecular formula is C30H36ClN3O6S. The molecule has 0 aliphatic carbocycles.